The zero-order valence-corrected chi connectivity index (χ0v) is 12.5. The molecule has 0 aromatic heterocycles. The second-order valence-electron chi connectivity index (χ2n) is 6.80. The van der Waals surface area contributed by atoms with E-state index in [1.165, 1.54) is 6.07 Å². The Morgan fingerprint density at radius 3 is 2.77 bits per heavy atom. The van der Waals surface area contributed by atoms with E-state index in [-0.39, 0.29) is 29.4 Å². The molecule has 2 heterocycles. The zero-order chi connectivity index (χ0) is 15.2. The topological polar surface area (TPSA) is 50.4 Å². The molecule has 2 bridgehead atoms. The number of carbonyl (C=O) groups excluding carboxylic acids is 1. The van der Waals surface area contributed by atoms with E-state index in [2.05, 4.69) is 10.6 Å². The van der Waals surface area contributed by atoms with E-state index in [4.69, 9.17) is 4.74 Å². The molecule has 2 amide bonds. The maximum absolute atomic E-state index is 13.9. The first kappa shape index (κ1) is 14.0. The van der Waals surface area contributed by atoms with Crippen LogP contribution in [0.4, 0.5) is 9.18 Å². The number of urea groups is 1. The molecule has 5 heteroatoms. The molecule has 4 rings (SSSR count). The number of hydrogen-bond donors (Lipinski definition) is 2. The van der Waals surface area contributed by atoms with Crippen LogP contribution < -0.4 is 10.6 Å². The van der Waals surface area contributed by atoms with Gasteiger partial charge in [0.25, 0.3) is 0 Å². The highest BCUT2D eigenvalue weighted by Crippen LogP contribution is 2.48. The van der Waals surface area contributed by atoms with Crippen molar-refractivity contribution < 1.29 is 13.9 Å². The predicted molar refractivity (Wildman–Crippen MR) is 80.1 cm³/mol. The lowest BCUT2D eigenvalue weighted by Gasteiger charge is -2.22. The normalized spacial score (nSPS) is 31.0. The van der Waals surface area contributed by atoms with E-state index < -0.39 is 0 Å². The van der Waals surface area contributed by atoms with E-state index in [1.54, 1.807) is 6.07 Å². The summed E-state index contributed by atoms with van der Waals surface area (Å²) in [5.41, 5.74) is 0.506. The Kier molecular flexibility index (Phi) is 3.33. The van der Waals surface area contributed by atoms with Crippen molar-refractivity contribution >= 4 is 6.03 Å². The Morgan fingerprint density at radius 1 is 1.32 bits per heavy atom. The lowest BCUT2D eigenvalue weighted by molar-refractivity contribution is 0.0981. The summed E-state index contributed by atoms with van der Waals surface area (Å²) in [4.78, 5) is 12.1. The second-order valence-corrected chi connectivity index (χ2v) is 6.80. The highest BCUT2D eigenvalue weighted by atomic mass is 19.1. The SMILES string of the molecule is O=C(NCC1(c2ccccc2F)CC1)N[C@H]1C[C@H]2CC[C@H]1O2. The predicted octanol–water partition coefficient (Wildman–Crippen LogP) is 2.48. The quantitative estimate of drug-likeness (QED) is 0.898. The van der Waals surface area contributed by atoms with Crippen molar-refractivity contribution in [3.8, 4) is 0 Å². The third-order valence-electron chi connectivity index (χ3n) is 5.31. The van der Waals surface area contributed by atoms with Crippen LogP contribution in [0.25, 0.3) is 0 Å². The van der Waals surface area contributed by atoms with Gasteiger partial charge in [0.05, 0.1) is 18.2 Å². The minimum atomic E-state index is -0.214. The van der Waals surface area contributed by atoms with Gasteiger partial charge in [0, 0.05) is 12.0 Å². The van der Waals surface area contributed by atoms with Gasteiger partial charge in [0.15, 0.2) is 0 Å². The third-order valence-corrected chi connectivity index (χ3v) is 5.31. The molecule has 3 atom stereocenters. The fourth-order valence-corrected chi connectivity index (χ4v) is 3.84. The first-order valence-electron chi connectivity index (χ1n) is 8.11. The molecular weight excluding hydrogens is 283 g/mol. The number of rotatable bonds is 4. The van der Waals surface area contributed by atoms with Crippen molar-refractivity contribution in [2.24, 2.45) is 0 Å². The van der Waals surface area contributed by atoms with Gasteiger partial charge in [-0.1, -0.05) is 18.2 Å². The summed E-state index contributed by atoms with van der Waals surface area (Å²) in [6, 6.07) is 6.83. The molecule has 4 nitrogen and oxygen atoms in total. The smallest absolute Gasteiger partial charge is 0.315 e. The standard InChI is InChI=1S/C17H21FN2O2/c18-13-4-2-1-3-12(13)17(7-8-17)10-19-16(21)20-14-9-11-5-6-15(14)22-11/h1-4,11,14-15H,5-10H2,(H2,19,20,21)/t11-,14+,15-/m1/s1. The highest BCUT2D eigenvalue weighted by molar-refractivity contribution is 5.74. The summed E-state index contributed by atoms with van der Waals surface area (Å²) in [5.74, 6) is -0.177. The van der Waals surface area contributed by atoms with E-state index in [0.29, 0.717) is 12.6 Å². The molecule has 118 valence electrons. The number of halogens is 1. The third kappa shape index (κ3) is 2.47. The van der Waals surface area contributed by atoms with Gasteiger partial charge in [-0.3, -0.25) is 0 Å². The molecule has 2 saturated heterocycles. The molecule has 1 aromatic carbocycles. The van der Waals surface area contributed by atoms with Crippen molar-refractivity contribution in [1.82, 2.24) is 10.6 Å². The Balaban J connectivity index is 1.33. The molecular formula is C17H21FN2O2. The largest absolute Gasteiger partial charge is 0.373 e. The molecule has 2 N–H and O–H groups in total. The van der Waals surface area contributed by atoms with Gasteiger partial charge >= 0.3 is 6.03 Å². The number of hydrogen-bond acceptors (Lipinski definition) is 2. The lowest BCUT2D eigenvalue weighted by Crippen LogP contribution is -2.48. The van der Waals surface area contributed by atoms with Crippen LogP contribution in [0.2, 0.25) is 0 Å². The fraction of sp³-hybridized carbons (Fsp3) is 0.588. The molecule has 1 aliphatic carbocycles. The van der Waals surface area contributed by atoms with E-state index in [1.807, 2.05) is 12.1 Å². The van der Waals surface area contributed by atoms with Gasteiger partial charge in [-0.2, -0.15) is 0 Å². The Morgan fingerprint density at radius 2 is 2.14 bits per heavy atom. The number of carbonyl (C=O) groups is 1. The summed E-state index contributed by atoms with van der Waals surface area (Å²) < 4.78 is 19.7. The molecule has 0 radical (unpaired) electrons. The lowest BCUT2D eigenvalue weighted by atomic mass is 9.95. The summed E-state index contributed by atoms with van der Waals surface area (Å²) in [6.07, 6.45) is 5.41. The molecule has 0 spiro atoms. The number of ether oxygens (including phenoxy) is 1. The van der Waals surface area contributed by atoms with Gasteiger partial charge in [0.1, 0.15) is 5.82 Å². The first-order valence-corrected chi connectivity index (χ1v) is 8.11. The summed E-state index contributed by atoms with van der Waals surface area (Å²) in [5, 5.41) is 5.93. The summed E-state index contributed by atoms with van der Waals surface area (Å²) >= 11 is 0. The maximum atomic E-state index is 13.9. The number of fused-ring (bicyclic) bond motifs is 2. The van der Waals surface area contributed by atoms with Crippen LogP contribution in [0.15, 0.2) is 24.3 Å². The molecule has 1 saturated carbocycles. The van der Waals surface area contributed by atoms with E-state index in [0.717, 1.165) is 37.7 Å². The van der Waals surface area contributed by atoms with Gasteiger partial charge in [-0.25, -0.2) is 9.18 Å². The highest BCUT2D eigenvalue weighted by Gasteiger charge is 2.46. The zero-order valence-electron chi connectivity index (χ0n) is 12.5. The van der Waals surface area contributed by atoms with Crippen LogP contribution in [0, 0.1) is 5.82 Å². The summed E-state index contributed by atoms with van der Waals surface area (Å²) in [7, 11) is 0. The molecule has 2 aliphatic heterocycles. The fourth-order valence-electron chi connectivity index (χ4n) is 3.84. The van der Waals surface area contributed by atoms with Crippen molar-refractivity contribution in [3.63, 3.8) is 0 Å². The van der Waals surface area contributed by atoms with Crippen molar-refractivity contribution in [2.75, 3.05) is 6.54 Å². The molecule has 3 fully saturated rings. The number of amides is 2. The first-order chi connectivity index (χ1) is 10.7. The van der Waals surface area contributed by atoms with Gasteiger partial charge in [0.2, 0.25) is 0 Å². The van der Waals surface area contributed by atoms with Gasteiger partial charge in [-0.15, -0.1) is 0 Å². The van der Waals surface area contributed by atoms with E-state index >= 15 is 0 Å². The molecule has 22 heavy (non-hydrogen) atoms. The van der Waals surface area contributed by atoms with Crippen molar-refractivity contribution in [1.29, 1.82) is 0 Å². The average molecular weight is 304 g/mol. The minimum Gasteiger partial charge on any atom is -0.373 e. The minimum absolute atomic E-state index is 0.127. The molecule has 3 aliphatic rings. The molecule has 0 unspecified atom stereocenters. The maximum Gasteiger partial charge on any atom is 0.315 e. The number of benzene rings is 1. The summed E-state index contributed by atoms with van der Waals surface area (Å²) in [6.45, 7) is 0.488. The van der Waals surface area contributed by atoms with Gasteiger partial charge in [-0.05, 0) is 43.7 Å². The van der Waals surface area contributed by atoms with Crippen molar-refractivity contribution in [3.05, 3.63) is 35.6 Å². The average Bonchev–Trinajstić information content (AvgIpc) is 3.01. The van der Waals surface area contributed by atoms with Crippen LogP contribution in [0.1, 0.15) is 37.7 Å². The Bertz CT molecular complexity index is 588. The van der Waals surface area contributed by atoms with Crippen LogP contribution in [-0.4, -0.2) is 30.8 Å². The van der Waals surface area contributed by atoms with E-state index in [9.17, 15) is 9.18 Å². The van der Waals surface area contributed by atoms with Crippen LogP contribution >= 0.6 is 0 Å². The Hall–Kier alpha value is -1.62. The van der Waals surface area contributed by atoms with Crippen LogP contribution in [0.3, 0.4) is 0 Å². The molecule has 1 aromatic rings. The van der Waals surface area contributed by atoms with Crippen molar-refractivity contribution in [2.45, 2.75) is 55.8 Å². The van der Waals surface area contributed by atoms with Crippen LogP contribution in [0.5, 0.6) is 0 Å². The van der Waals surface area contributed by atoms with Gasteiger partial charge < -0.3 is 15.4 Å². The number of nitrogens with one attached hydrogen (secondary N) is 2. The Labute approximate surface area is 129 Å². The monoisotopic (exact) mass is 304 g/mol. The van der Waals surface area contributed by atoms with Crippen LogP contribution in [-0.2, 0) is 10.2 Å². The second kappa shape index (κ2) is 5.23.